The van der Waals surface area contributed by atoms with Crippen molar-refractivity contribution in [2.24, 2.45) is 0 Å². The van der Waals surface area contributed by atoms with E-state index >= 15 is 0 Å². The van der Waals surface area contributed by atoms with E-state index in [0.29, 0.717) is 0 Å². The van der Waals surface area contributed by atoms with Crippen LogP contribution in [0, 0.1) is 0 Å². The van der Waals surface area contributed by atoms with Crippen LogP contribution in [-0.2, 0) is 52.1 Å². The van der Waals surface area contributed by atoms with Gasteiger partial charge in [0, 0.05) is 14.2 Å². The molecule has 260 valence electrons. The minimum Gasteiger partial charge on any atom is -0.394 e. The Kier molecular flexibility index (Phi) is 10.6. The van der Waals surface area contributed by atoms with E-state index in [1.807, 2.05) is 0 Å². The number of rotatable bonds is 10. The molecule has 0 saturated carbocycles. The number of aliphatic hydroxyl groups excluding tert-OH is 8. The lowest BCUT2D eigenvalue weighted by atomic mass is 9.96. The monoisotopic (exact) mass is 658 g/mol. The molecule has 20 atom stereocenters. The summed E-state index contributed by atoms with van der Waals surface area (Å²) in [6.07, 6.45) is -24.5. The van der Waals surface area contributed by atoms with Crippen LogP contribution >= 0.6 is 0 Å². The summed E-state index contributed by atoms with van der Waals surface area (Å²) in [5, 5.41) is 84.3. The SMILES string of the molecule is COC1OC2COC(C1O)C2OC1OC(CO)C(O)C(OC2OC3COC(C2O)C3OC2OC(CO)C(O)C(OC)C2O)C1O. The van der Waals surface area contributed by atoms with Gasteiger partial charge in [-0.05, 0) is 0 Å². The number of hydrogen-bond acceptors (Lipinski definition) is 19. The van der Waals surface area contributed by atoms with Crippen LogP contribution in [0.4, 0.5) is 0 Å². The average molecular weight is 659 g/mol. The van der Waals surface area contributed by atoms with Crippen LogP contribution < -0.4 is 0 Å². The Morgan fingerprint density at radius 3 is 1.40 bits per heavy atom. The average Bonchev–Trinajstić information content (AvgIpc) is 3.51. The van der Waals surface area contributed by atoms with Gasteiger partial charge in [-0.15, -0.1) is 0 Å². The number of methoxy groups -OCH3 is 2. The van der Waals surface area contributed by atoms with Gasteiger partial charge in [-0.2, -0.15) is 0 Å². The van der Waals surface area contributed by atoms with Crippen LogP contribution in [0.2, 0.25) is 0 Å². The third kappa shape index (κ3) is 6.16. The third-order valence-corrected chi connectivity index (χ3v) is 9.16. The van der Waals surface area contributed by atoms with Gasteiger partial charge in [-0.25, -0.2) is 0 Å². The van der Waals surface area contributed by atoms with Crippen molar-refractivity contribution < 1.29 is 93.0 Å². The van der Waals surface area contributed by atoms with Crippen LogP contribution in [0.3, 0.4) is 0 Å². The molecule has 0 aromatic heterocycles. The summed E-state index contributed by atoms with van der Waals surface area (Å²) in [5.74, 6) is 0. The molecule has 6 rings (SSSR count). The van der Waals surface area contributed by atoms with E-state index in [1.54, 1.807) is 0 Å². The third-order valence-electron chi connectivity index (χ3n) is 9.16. The van der Waals surface area contributed by atoms with Gasteiger partial charge < -0.3 is 93.0 Å². The second-order valence-corrected chi connectivity index (χ2v) is 11.8. The summed E-state index contributed by atoms with van der Waals surface area (Å²) in [5.41, 5.74) is 0. The minimum absolute atomic E-state index is 0.0615. The molecule has 0 aliphatic carbocycles. The van der Waals surface area contributed by atoms with Crippen molar-refractivity contribution in [2.75, 3.05) is 40.6 Å². The smallest absolute Gasteiger partial charge is 0.187 e. The largest absolute Gasteiger partial charge is 0.394 e. The lowest BCUT2D eigenvalue weighted by Gasteiger charge is -2.47. The molecule has 0 spiro atoms. The van der Waals surface area contributed by atoms with Crippen LogP contribution in [0.15, 0.2) is 0 Å². The molecule has 19 heteroatoms. The van der Waals surface area contributed by atoms with Crippen LogP contribution in [0.25, 0.3) is 0 Å². The standard InChI is InChI=1S/C26H42O19/c1-35-19-11(29)7(3-27)39-24(13(19)31)43-18-10-6-38-22(18)16(34)26(42-10)45-20-12(30)8(4-28)40-25(14(20)32)44-17-9-5-37-21(17)15(33)23(36-2)41-9/h7-34H,3-6H2,1-2H3. The molecule has 4 bridgehead atoms. The van der Waals surface area contributed by atoms with E-state index in [-0.39, 0.29) is 13.2 Å². The summed E-state index contributed by atoms with van der Waals surface area (Å²) in [4.78, 5) is 0. The first-order valence-corrected chi connectivity index (χ1v) is 14.8. The molecule has 19 nitrogen and oxygen atoms in total. The van der Waals surface area contributed by atoms with Gasteiger partial charge >= 0.3 is 0 Å². The van der Waals surface area contributed by atoms with Crippen molar-refractivity contribution in [1.82, 2.24) is 0 Å². The second-order valence-electron chi connectivity index (χ2n) is 11.8. The zero-order valence-corrected chi connectivity index (χ0v) is 24.4. The molecule has 20 unspecified atom stereocenters. The maximum absolute atomic E-state index is 11.2. The fourth-order valence-electron chi connectivity index (χ4n) is 6.72. The number of fused-ring (bicyclic) bond motifs is 4. The summed E-state index contributed by atoms with van der Waals surface area (Å²) in [6, 6.07) is 0. The lowest BCUT2D eigenvalue weighted by molar-refractivity contribution is -0.372. The van der Waals surface area contributed by atoms with Crippen molar-refractivity contribution in [3.05, 3.63) is 0 Å². The molecule has 0 aromatic rings. The van der Waals surface area contributed by atoms with Gasteiger partial charge in [-0.3, -0.25) is 0 Å². The van der Waals surface area contributed by atoms with Crippen LogP contribution in [-0.4, -0.2) is 204 Å². The van der Waals surface area contributed by atoms with Crippen molar-refractivity contribution in [1.29, 1.82) is 0 Å². The molecule has 6 heterocycles. The zero-order valence-electron chi connectivity index (χ0n) is 24.4. The number of ether oxygens (including phenoxy) is 11. The fraction of sp³-hybridized carbons (Fsp3) is 1.00. The highest BCUT2D eigenvalue weighted by molar-refractivity contribution is 5.01. The minimum atomic E-state index is -1.68. The molecule has 6 aliphatic rings. The highest BCUT2D eigenvalue weighted by atomic mass is 16.8. The van der Waals surface area contributed by atoms with Crippen molar-refractivity contribution in [3.8, 4) is 0 Å². The van der Waals surface area contributed by atoms with Gasteiger partial charge in [-0.1, -0.05) is 0 Å². The number of aliphatic hydroxyl groups is 8. The van der Waals surface area contributed by atoms with E-state index in [9.17, 15) is 40.9 Å². The first kappa shape index (κ1) is 34.1. The molecule has 6 saturated heterocycles. The fourth-order valence-corrected chi connectivity index (χ4v) is 6.72. The van der Waals surface area contributed by atoms with Crippen molar-refractivity contribution >= 4 is 0 Å². The summed E-state index contributed by atoms with van der Waals surface area (Å²) in [6.45, 7) is -1.25. The molecule has 45 heavy (non-hydrogen) atoms. The highest BCUT2D eigenvalue weighted by Crippen LogP contribution is 2.38. The highest BCUT2D eigenvalue weighted by Gasteiger charge is 2.59. The molecule has 0 amide bonds. The Hall–Kier alpha value is -0.760. The predicted molar refractivity (Wildman–Crippen MR) is 137 cm³/mol. The summed E-state index contributed by atoms with van der Waals surface area (Å²) >= 11 is 0. The van der Waals surface area contributed by atoms with Crippen molar-refractivity contribution in [3.63, 3.8) is 0 Å². The normalized spacial score (nSPS) is 54.8. The molecule has 0 radical (unpaired) electrons. The Labute approximate surface area is 256 Å². The Morgan fingerprint density at radius 1 is 0.489 bits per heavy atom. The van der Waals surface area contributed by atoms with Crippen LogP contribution in [0.5, 0.6) is 0 Å². The van der Waals surface area contributed by atoms with Gasteiger partial charge in [0.15, 0.2) is 25.2 Å². The first-order chi connectivity index (χ1) is 21.6. The topological polar surface area (TPSA) is 263 Å². The molecular formula is C26H42O19. The van der Waals surface area contributed by atoms with Gasteiger partial charge in [0.1, 0.15) is 97.7 Å². The summed E-state index contributed by atoms with van der Waals surface area (Å²) < 4.78 is 62.1. The van der Waals surface area contributed by atoms with E-state index < -0.39 is 136 Å². The lowest BCUT2D eigenvalue weighted by Crippen LogP contribution is -2.65. The van der Waals surface area contributed by atoms with E-state index in [4.69, 9.17) is 52.1 Å². The predicted octanol–water partition coefficient (Wildman–Crippen LogP) is -6.35. The number of hydrogen-bond donors (Lipinski definition) is 8. The molecule has 0 aromatic carbocycles. The molecule has 6 aliphatic heterocycles. The maximum Gasteiger partial charge on any atom is 0.187 e. The Bertz CT molecular complexity index is 979. The van der Waals surface area contributed by atoms with Gasteiger partial charge in [0.2, 0.25) is 0 Å². The van der Waals surface area contributed by atoms with Gasteiger partial charge in [0.05, 0.1) is 26.4 Å². The van der Waals surface area contributed by atoms with Gasteiger partial charge in [0.25, 0.3) is 0 Å². The Balaban J connectivity index is 1.12. The maximum atomic E-state index is 11.2. The molecule has 6 fully saturated rings. The molecule has 8 N–H and O–H groups in total. The van der Waals surface area contributed by atoms with Crippen LogP contribution in [0.1, 0.15) is 0 Å². The second kappa shape index (κ2) is 14.0. The zero-order chi connectivity index (χ0) is 32.2. The Morgan fingerprint density at radius 2 is 0.911 bits per heavy atom. The van der Waals surface area contributed by atoms with Crippen molar-refractivity contribution in [2.45, 2.75) is 123 Å². The molecular weight excluding hydrogens is 616 g/mol. The first-order valence-electron chi connectivity index (χ1n) is 14.8. The van der Waals surface area contributed by atoms with E-state index in [2.05, 4.69) is 0 Å². The van der Waals surface area contributed by atoms with E-state index in [0.717, 1.165) is 0 Å². The van der Waals surface area contributed by atoms with E-state index in [1.165, 1.54) is 14.2 Å². The summed E-state index contributed by atoms with van der Waals surface area (Å²) in [7, 11) is 2.64. The quantitative estimate of drug-likeness (QED) is 0.108.